The number of para-hydroxylation sites is 1. The molecule has 0 radical (unpaired) electrons. The van der Waals surface area contributed by atoms with Crippen LogP contribution in [0.15, 0.2) is 71.5 Å². The fraction of sp³-hybridized carbons (Fsp3) is 0.424. The van der Waals surface area contributed by atoms with Crippen molar-refractivity contribution in [1.29, 1.82) is 0 Å². The fourth-order valence-corrected chi connectivity index (χ4v) is 6.92. The zero-order valence-corrected chi connectivity index (χ0v) is 23.2. The first-order chi connectivity index (χ1) is 18.9. The molecule has 2 aliphatic carbocycles. The van der Waals surface area contributed by atoms with Gasteiger partial charge in [-0.25, -0.2) is 0 Å². The van der Waals surface area contributed by atoms with E-state index in [9.17, 15) is 9.59 Å². The third-order valence-electron chi connectivity index (χ3n) is 8.81. The van der Waals surface area contributed by atoms with Crippen molar-refractivity contribution in [3.8, 4) is 0 Å². The summed E-state index contributed by atoms with van der Waals surface area (Å²) in [4.78, 5) is 29.6. The smallest absolute Gasteiger partial charge is 0.235 e. The van der Waals surface area contributed by atoms with E-state index in [1.165, 1.54) is 43.2 Å². The molecule has 2 aliphatic heterocycles. The first kappa shape index (κ1) is 26.9. The number of fused-ring (bicyclic) bond motifs is 4. The van der Waals surface area contributed by atoms with Gasteiger partial charge in [0.25, 0.3) is 0 Å². The Labute approximate surface area is 232 Å². The number of nitrogens with one attached hydrogen (secondary N) is 2. The maximum atomic E-state index is 12.8. The van der Waals surface area contributed by atoms with E-state index < -0.39 is 5.41 Å². The minimum Gasteiger partial charge on any atom is -0.356 e. The summed E-state index contributed by atoms with van der Waals surface area (Å²) in [6, 6.07) is 14.3. The monoisotopic (exact) mass is 524 g/mol. The number of likely N-dealkylation sites (tertiary alicyclic amines) is 1. The molecule has 4 aliphatic rings. The summed E-state index contributed by atoms with van der Waals surface area (Å²) in [7, 11) is 0. The highest BCUT2D eigenvalue weighted by atomic mass is 16.2. The van der Waals surface area contributed by atoms with E-state index in [0.717, 1.165) is 72.5 Å². The quantitative estimate of drug-likeness (QED) is 0.276. The molecule has 2 heterocycles. The lowest BCUT2D eigenvalue weighted by Crippen LogP contribution is -2.40. The summed E-state index contributed by atoms with van der Waals surface area (Å²) in [5.74, 6) is 1.88. The zero-order valence-electron chi connectivity index (χ0n) is 23.2. The van der Waals surface area contributed by atoms with E-state index in [1.807, 2.05) is 49.1 Å². The molecule has 6 rings (SSSR count). The van der Waals surface area contributed by atoms with E-state index in [2.05, 4.69) is 40.4 Å². The van der Waals surface area contributed by atoms with Crippen LogP contribution in [-0.4, -0.2) is 36.5 Å². The van der Waals surface area contributed by atoms with Gasteiger partial charge in [0.05, 0.1) is 5.41 Å². The van der Waals surface area contributed by atoms with E-state index in [0.29, 0.717) is 0 Å². The van der Waals surface area contributed by atoms with Crippen molar-refractivity contribution in [2.24, 2.45) is 16.8 Å². The Morgan fingerprint density at radius 3 is 2.67 bits per heavy atom. The van der Waals surface area contributed by atoms with Gasteiger partial charge in [-0.3, -0.25) is 14.6 Å². The molecule has 2 aromatic carbocycles. The number of hydrogen-bond acceptors (Lipinski definition) is 4. The van der Waals surface area contributed by atoms with Crippen molar-refractivity contribution in [2.75, 3.05) is 23.7 Å². The van der Waals surface area contributed by atoms with Crippen LogP contribution in [0, 0.1) is 11.8 Å². The van der Waals surface area contributed by atoms with E-state index in [1.54, 1.807) is 6.21 Å². The lowest BCUT2D eigenvalue weighted by atomic mass is 9.75. The van der Waals surface area contributed by atoms with Gasteiger partial charge in [-0.2, -0.15) is 0 Å². The minimum absolute atomic E-state index is 0.106. The third-order valence-corrected chi connectivity index (χ3v) is 8.81. The van der Waals surface area contributed by atoms with Crippen molar-refractivity contribution < 1.29 is 9.59 Å². The number of anilines is 2. The molecule has 1 spiro atoms. The maximum Gasteiger partial charge on any atom is 0.235 e. The number of amides is 2. The molecule has 0 aromatic heterocycles. The van der Waals surface area contributed by atoms with Crippen LogP contribution < -0.4 is 10.6 Å². The Hall–Kier alpha value is -3.67. The molecule has 2 N–H and O–H groups in total. The zero-order chi connectivity index (χ0) is 27.4. The summed E-state index contributed by atoms with van der Waals surface area (Å²) < 4.78 is 0. The topological polar surface area (TPSA) is 73.8 Å². The van der Waals surface area contributed by atoms with Crippen LogP contribution in [0.1, 0.15) is 62.6 Å². The molecule has 39 heavy (non-hydrogen) atoms. The highest BCUT2D eigenvalue weighted by molar-refractivity contribution is 6.07. The Morgan fingerprint density at radius 1 is 1.10 bits per heavy atom. The Balaban J connectivity index is 0.000000214. The van der Waals surface area contributed by atoms with Gasteiger partial charge in [0, 0.05) is 42.1 Å². The highest BCUT2D eigenvalue weighted by Gasteiger charge is 2.50. The lowest BCUT2D eigenvalue weighted by molar-refractivity contribution is -0.121. The van der Waals surface area contributed by atoms with Crippen molar-refractivity contribution in [3.05, 3.63) is 83.2 Å². The van der Waals surface area contributed by atoms with Crippen LogP contribution in [0.25, 0.3) is 0 Å². The number of allylic oxidation sites excluding steroid dienone is 2. The Bertz CT molecular complexity index is 1310. The van der Waals surface area contributed by atoms with Crippen molar-refractivity contribution >= 4 is 29.9 Å². The Kier molecular flexibility index (Phi) is 8.01. The fourth-order valence-electron chi connectivity index (χ4n) is 6.92. The molecule has 3 atom stereocenters. The largest absolute Gasteiger partial charge is 0.356 e. The number of piperidine rings is 1. The van der Waals surface area contributed by atoms with Crippen LogP contribution in [0.3, 0.4) is 0 Å². The second kappa shape index (κ2) is 11.6. The van der Waals surface area contributed by atoms with Gasteiger partial charge in [0.1, 0.15) is 0 Å². The lowest BCUT2D eigenvalue weighted by Gasteiger charge is -2.39. The average Bonchev–Trinajstić information content (AvgIpc) is 3.45. The molecule has 2 aromatic rings. The average molecular weight is 525 g/mol. The highest BCUT2D eigenvalue weighted by Crippen LogP contribution is 2.47. The molecule has 3 unspecified atom stereocenters. The van der Waals surface area contributed by atoms with Crippen molar-refractivity contribution in [2.45, 2.75) is 64.2 Å². The second-order valence-corrected chi connectivity index (χ2v) is 11.4. The standard InChI is InChI=1S/C23H23N3O.C10H17NO/c1-4-24-15(2)11-16(3)25-19-10-9-17-13-23(14-18(17)12-19)20-7-5-6-8-21(20)26-22(23)27;12-8-11-6-5-9-3-1-2-4-10(9)7-11/h4-12,25H,3,13-14H2,1-2H3,(H,26,27);8-10H,1-7H2/b15-11-,24-4?;. The molecule has 1 saturated carbocycles. The molecular weight excluding hydrogens is 484 g/mol. The van der Waals surface area contributed by atoms with Crippen LogP contribution in [0.4, 0.5) is 11.4 Å². The molecule has 2 amide bonds. The Morgan fingerprint density at radius 2 is 1.87 bits per heavy atom. The van der Waals surface area contributed by atoms with Crippen LogP contribution in [-0.2, 0) is 27.8 Å². The van der Waals surface area contributed by atoms with Crippen LogP contribution in [0.5, 0.6) is 0 Å². The first-order valence-corrected chi connectivity index (χ1v) is 14.3. The van der Waals surface area contributed by atoms with Gasteiger partial charge in [-0.15, -0.1) is 0 Å². The number of carbonyl (C=O) groups is 2. The predicted octanol–water partition coefficient (Wildman–Crippen LogP) is 6.25. The maximum absolute atomic E-state index is 12.8. The van der Waals surface area contributed by atoms with Gasteiger partial charge in [0.15, 0.2) is 0 Å². The number of carbonyl (C=O) groups excluding carboxylic acids is 2. The second-order valence-electron chi connectivity index (χ2n) is 11.4. The van der Waals surface area contributed by atoms with Gasteiger partial charge >= 0.3 is 0 Å². The third kappa shape index (κ3) is 5.70. The summed E-state index contributed by atoms with van der Waals surface area (Å²) in [6.45, 7) is 9.92. The van der Waals surface area contributed by atoms with E-state index in [4.69, 9.17) is 0 Å². The number of benzene rings is 2. The summed E-state index contributed by atoms with van der Waals surface area (Å²) >= 11 is 0. The number of hydrogen-bond donors (Lipinski definition) is 2. The first-order valence-electron chi connectivity index (χ1n) is 14.3. The number of nitrogens with zero attached hydrogens (tertiary/aromatic N) is 2. The van der Waals surface area contributed by atoms with E-state index in [-0.39, 0.29) is 5.91 Å². The van der Waals surface area contributed by atoms with Crippen LogP contribution >= 0.6 is 0 Å². The summed E-state index contributed by atoms with van der Waals surface area (Å²) in [5, 5.41) is 6.38. The SMILES string of the molecule is C=C(/C=C(/C)N=CC)Nc1ccc2c(c1)CC1(C2)C(=O)Nc2ccccc21.O=CN1CCC2CCCCC2C1. The molecule has 6 heteroatoms. The normalized spacial score (nSPS) is 25.3. The molecule has 204 valence electrons. The minimum atomic E-state index is -0.471. The van der Waals surface area contributed by atoms with Crippen molar-refractivity contribution in [3.63, 3.8) is 0 Å². The van der Waals surface area contributed by atoms with Crippen molar-refractivity contribution in [1.82, 2.24) is 4.90 Å². The van der Waals surface area contributed by atoms with Gasteiger partial charge in [0.2, 0.25) is 12.3 Å². The van der Waals surface area contributed by atoms with Gasteiger partial charge in [-0.1, -0.05) is 50.1 Å². The van der Waals surface area contributed by atoms with E-state index >= 15 is 0 Å². The number of aliphatic imine (C=N–C) groups is 1. The van der Waals surface area contributed by atoms with Crippen LogP contribution in [0.2, 0.25) is 0 Å². The molecule has 0 bridgehead atoms. The summed E-state index contributed by atoms with van der Waals surface area (Å²) in [5.41, 5.74) is 6.70. The van der Waals surface area contributed by atoms with Gasteiger partial charge in [-0.05, 0) is 92.3 Å². The molecular formula is C33H40N4O2. The molecule has 2 fully saturated rings. The number of rotatable bonds is 5. The van der Waals surface area contributed by atoms with Gasteiger partial charge < -0.3 is 15.5 Å². The predicted molar refractivity (Wildman–Crippen MR) is 159 cm³/mol. The summed E-state index contributed by atoms with van der Waals surface area (Å²) in [6.07, 6.45) is 13.0. The molecule has 1 saturated heterocycles. The molecule has 6 nitrogen and oxygen atoms in total.